The summed E-state index contributed by atoms with van der Waals surface area (Å²) in [5, 5.41) is -0.0782. The molecule has 0 fully saturated rings. The van der Waals surface area contributed by atoms with Gasteiger partial charge in [0.25, 0.3) is 5.56 Å². The highest BCUT2D eigenvalue weighted by Gasteiger charge is 2.33. The van der Waals surface area contributed by atoms with E-state index in [0.717, 1.165) is 6.07 Å². The third-order valence-electron chi connectivity index (χ3n) is 2.47. The van der Waals surface area contributed by atoms with Gasteiger partial charge in [0.05, 0.1) is 16.5 Å². The van der Waals surface area contributed by atoms with Crippen LogP contribution < -0.4 is 11.3 Å². The molecule has 0 spiro atoms. The van der Waals surface area contributed by atoms with Crippen molar-refractivity contribution in [2.45, 2.75) is 12.6 Å². The molecule has 0 bridgehead atoms. The normalized spacial score (nSPS) is 12.0. The Morgan fingerprint density at radius 2 is 2.06 bits per heavy atom. The molecule has 4 nitrogen and oxygen atoms in total. The lowest BCUT2D eigenvalue weighted by Crippen LogP contribution is -2.17. The Balaban J connectivity index is 2.78. The Morgan fingerprint density at radius 3 is 2.67 bits per heavy atom. The van der Waals surface area contributed by atoms with Gasteiger partial charge in [-0.25, -0.2) is 4.98 Å². The van der Waals surface area contributed by atoms with Crippen molar-refractivity contribution in [2.75, 3.05) is 6.54 Å². The third kappa shape index (κ3) is 2.21. The molecule has 1 aromatic heterocycles. The molecule has 3 N–H and O–H groups in total. The molecule has 0 saturated carbocycles. The highest BCUT2D eigenvalue weighted by Crippen LogP contribution is 2.32. The topological polar surface area (TPSA) is 71.8 Å². The van der Waals surface area contributed by atoms with Crippen LogP contribution in [0.2, 0.25) is 0 Å². The van der Waals surface area contributed by atoms with Gasteiger partial charge in [0.15, 0.2) is 0 Å². The minimum absolute atomic E-state index is 0.0782. The van der Waals surface area contributed by atoms with Crippen molar-refractivity contribution in [1.29, 1.82) is 0 Å². The summed E-state index contributed by atoms with van der Waals surface area (Å²) in [5.74, 6) is 0.159. The van der Waals surface area contributed by atoms with E-state index in [-0.39, 0.29) is 29.7 Å². The second-order valence-electron chi connectivity index (χ2n) is 3.75. The molecule has 0 aliphatic carbocycles. The largest absolute Gasteiger partial charge is 0.418 e. The number of hydrogen-bond acceptors (Lipinski definition) is 3. The van der Waals surface area contributed by atoms with Gasteiger partial charge >= 0.3 is 6.18 Å². The summed E-state index contributed by atoms with van der Waals surface area (Å²) in [6, 6.07) is 3.40. The molecule has 1 heterocycles. The lowest BCUT2D eigenvalue weighted by Gasteiger charge is -2.10. The van der Waals surface area contributed by atoms with Gasteiger partial charge in [-0.15, -0.1) is 0 Å². The molecular formula is C11H10F3N3O. The van der Waals surface area contributed by atoms with E-state index in [9.17, 15) is 18.0 Å². The molecule has 2 rings (SSSR count). The van der Waals surface area contributed by atoms with Crippen LogP contribution >= 0.6 is 0 Å². The van der Waals surface area contributed by atoms with Gasteiger partial charge in [-0.3, -0.25) is 4.79 Å². The van der Waals surface area contributed by atoms with Crippen LogP contribution in [0, 0.1) is 0 Å². The van der Waals surface area contributed by atoms with E-state index in [4.69, 9.17) is 5.73 Å². The van der Waals surface area contributed by atoms with E-state index < -0.39 is 17.3 Å². The maximum Gasteiger partial charge on any atom is 0.418 e. The number of hydrogen-bond donors (Lipinski definition) is 2. The van der Waals surface area contributed by atoms with Crippen LogP contribution in [0.3, 0.4) is 0 Å². The van der Waals surface area contributed by atoms with E-state index in [1.165, 1.54) is 12.1 Å². The first-order chi connectivity index (χ1) is 8.43. The Labute approximate surface area is 99.6 Å². The summed E-state index contributed by atoms with van der Waals surface area (Å²) in [5.41, 5.74) is 3.46. The molecule has 0 aliphatic heterocycles. The minimum Gasteiger partial charge on any atom is -0.330 e. The standard InChI is InChI=1S/C11H10F3N3O/c12-11(13,14)7-3-1-2-6-9(7)16-8(4-5-15)17-10(6)18/h1-3H,4-5,15H2,(H,16,17,18). The summed E-state index contributed by atoms with van der Waals surface area (Å²) in [6.45, 7) is 0.197. The van der Waals surface area contributed by atoms with E-state index in [1.54, 1.807) is 0 Å². The number of rotatable bonds is 2. The molecule has 0 atom stereocenters. The Morgan fingerprint density at radius 1 is 1.33 bits per heavy atom. The number of nitrogens with zero attached hydrogens (tertiary/aromatic N) is 1. The molecular weight excluding hydrogens is 247 g/mol. The van der Waals surface area contributed by atoms with Gasteiger partial charge in [0.2, 0.25) is 0 Å². The SMILES string of the molecule is NCCc1nc2c(C(F)(F)F)cccc2c(=O)[nH]1. The number of aromatic amines is 1. The maximum atomic E-state index is 12.8. The molecule has 0 amide bonds. The summed E-state index contributed by atoms with van der Waals surface area (Å²) in [4.78, 5) is 17.9. The van der Waals surface area contributed by atoms with Crippen LogP contribution in [-0.4, -0.2) is 16.5 Å². The molecule has 0 unspecified atom stereocenters. The Kier molecular flexibility index (Phi) is 3.08. The quantitative estimate of drug-likeness (QED) is 0.855. The van der Waals surface area contributed by atoms with E-state index in [2.05, 4.69) is 9.97 Å². The van der Waals surface area contributed by atoms with Crippen molar-refractivity contribution in [2.24, 2.45) is 5.73 Å². The van der Waals surface area contributed by atoms with Crippen molar-refractivity contribution in [1.82, 2.24) is 9.97 Å². The number of aromatic nitrogens is 2. The molecule has 1 aromatic carbocycles. The smallest absolute Gasteiger partial charge is 0.330 e. The van der Waals surface area contributed by atoms with Crippen molar-refractivity contribution in [3.63, 3.8) is 0 Å². The molecule has 18 heavy (non-hydrogen) atoms. The number of benzene rings is 1. The number of para-hydroxylation sites is 1. The number of alkyl halides is 3. The molecule has 7 heteroatoms. The third-order valence-corrected chi connectivity index (χ3v) is 2.47. The zero-order valence-electron chi connectivity index (χ0n) is 9.21. The highest BCUT2D eigenvalue weighted by atomic mass is 19.4. The van der Waals surface area contributed by atoms with E-state index >= 15 is 0 Å². The number of nitrogens with one attached hydrogen (secondary N) is 1. The first-order valence-corrected chi connectivity index (χ1v) is 5.22. The number of nitrogens with two attached hydrogens (primary N) is 1. The predicted molar refractivity (Wildman–Crippen MR) is 60.1 cm³/mol. The molecule has 0 radical (unpaired) electrons. The first kappa shape index (κ1) is 12.6. The number of H-pyrrole nitrogens is 1. The summed E-state index contributed by atoms with van der Waals surface area (Å²) in [7, 11) is 0. The fraction of sp³-hybridized carbons (Fsp3) is 0.273. The van der Waals surface area contributed by atoms with Gasteiger partial charge in [-0.2, -0.15) is 13.2 Å². The summed E-state index contributed by atoms with van der Waals surface area (Å²) < 4.78 is 38.4. The maximum absolute atomic E-state index is 12.8. The zero-order chi connectivity index (χ0) is 13.3. The Hall–Kier alpha value is -1.89. The number of halogens is 3. The lowest BCUT2D eigenvalue weighted by atomic mass is 10.1. The fourth-order valence-corrected chi connectivity index (χ4v) is 1.69. The van der Waals surface area contributed by atoms with Gasteiger partial charge in [0, 0.05) is 6.42 Å². The van der Waals surface area contributed by atoms with Crippen LogP contribution in [-0.2, 0) is 12.6 Å². The van der Waals surface area contributed by atoms with Gasteiger partial charge in [0.1, 0.15) is 5.82 Å². The van der Waals surface area contributed by atoms with Crippen LogP contribution in [0.4, 0.5) is 13.2 Å². The number of fused-ring (bicyclic) bond motifs is 1. The predicted octanol–water partition coefficient (Wildman–Crippen LogP) is 1.44. The summed E-state index contributed by atoms with van der Waals surface area (Å²) >= 11 is 0. The van der Waals surface area contributed by atoms with Crippen molar-refractivity contribution >= 4 is 10.9 Å². The van der Waals surface area contributed by atoms with Gasteiger partial charge < -0.3 is 10.7 Å². The molecule has 96 valence electrons. The van der Waals surface area contributed by atoms with Crippen LogP contribution in [0.5, 0.6) is 0 Å². The Bertz CT molecular complexity index is 633. The van der Waals surface area contributed by atoms with Crippen LogP contribution in [0.1, 0.15) is 11.4 Å². The molecule has 0 aliphatic rings. The van der Waals surface area contributed by atoms with Crippen molar-refractivity contribution in [3.8, 4) is 0 Å². The van der Waals surface area contributed by atoms with E-state index in [1.807, 2.05) is 0 Å². The molecule has 2 aromatic rings. The fourth-order valence-electron chi connectivity index (χ4n) is 1.69. The molecule has 0 saturated heterocycles. The van der Waals surface area contributed by atoms with Gasteiger partial charge in [-0.1, -0.05) is 6.07 Å². The second kappa shape index (κ2) is 4.41. The highest BCUT2D eigenvalue weighted by molar-refractivity contribution is 5.81. The minimum atomic E-state index is -4.54. The van der Waals surface area contributed by atoms with Crippen molar-refractivity contribution < 1.29 is 13.2 Å². The average Bonchev–Trinajstić information content (AvgIpc) is 2.27. The van der Waals surface area contributed by atoms with Crippen LogP contribution in [0.15, 0.2) is 23.0 Å². The van der Waals surface area contributed by atoms with Gasteiger partial charge in [-0.05, 0) is 18.7 Å². The zero-order valence-corrected chi connectivity index (χ0v) is 9.21. The van der Waals surface area contributed by atoms with Crippen molar-refractivity contribution in [3.05, 3.63) is 39.9 Å². The summed E-state index contributed by atoms with van der Waals surface area (Å²) in [6.07, 6.45) is -4.32. The first-order valence-electron chi connectivity index (χ1n) is 5.22. The van der Waals surface area contributed by atoms with E-state index in [0.29, 0.717) is 0 Å². The monoisotopic (exact) mass is 257 g/mol. The lowest BCUT2D eigenvalue weighted by molar-refractivity contribution is -0.136. The van der Waals surface area contributed by atoms with Crippen LogP contribution in [0.25, 0.3) is 10.9 Å². The second-order valence-corrected chi connectivity index (χ2v) is 3.75. The average molecular weight is 257 g/mol.